The van der Waals surface area contributed by atoms with Gasteiger partial charge in [0.1, 0.15) is 11.6 Å². The lowest BCUT2D eigenvalue weighted by Gasteiger charge is -2.11. The molecule has 0 heterocycles. The van der Waals surface area contributed by atoms with Gasteiger partial charge in [0.2, 0.25) is 5.91 Å². The van der Waals surface area contributed by atoms with Gasteiger partial charge in [0, 0.05) is 17.7 Å². The van der Waals surface area contributed by atoms with Crippen LogP contribution in [0, 0.1) is 11.6 Å². The van der Waals surface area contributed by atoms with Gasteiger partial charge in [-0.05, 0) is 19.1 Å². The van der Waals surface area contributed by atoms with Crippen molar-refractivity contribution in [2.24, 2.45) is 0 Å². The molecule has 0 bridgehead atoms. The number of hydrogen-bond acceptors (Lipinski definition) is 3. The first-order valence-electron chi connectivity index (χ1n) is 5.57. The Morgan fingerprint density at radius 2 is 1.84 bits per heavy atom. The van der Waals surface area contributed by atoms with E-state index in [-0.39, 0.29) is 18.7 Å². The Bertz CT molecular complexity index is 460. The molecule has 0 saturated carbocycles. The van der Waals surface area contributed by atoms with Crippen LogP contribution in [-0.4, -0.2) is 36.1 Å². The summed E-state index contributed by atoms with van der Waals surface area (Å²) in [6.45, 7) is 1.01. The summed E-state index contributed by atoms with van der Waals surface area (Å²) in [5, 5.41) is 13.3. The molecular weight excluding hydrogens is 258 g/mol. The van der Waals surface area contributed by atoms with Crippen molar-refractivity contribution >= 4 is 11.8 Å². The molecule has 0 radical (unpaired) electrons. The maximum atomic E-state index is 12.9. The number of nitrogens with one attached hydrogen (secondary N) is 2. The number of aliphatic hydroxyl groups is 1. The number of carbonyl (C=O) groups excluding carboxylic acids is 2. The third-order valence-corrected chi connectivity index (χ3v) is 2.22. The smallest absolute Gasteiger partial charge is 0.251 e. The first-order valence-corrected chi connectivity index (χ1v) is 5.57. The maximum absolute atomic E-state index is 12.9. The van der Waals surface area contributed by atoms with Crippen LogP contribution in [0.25, 0.3) is 0 Å². The zero-order chi connectivity index (χ0) is 14.4. The third-order valence-electron chi connectivity index (χ3n) is 2.22. The number of carbonyl (C=O) groups is 2. The largest absolute Gasteiger partial charge is 0.394 e. The minimum atomic E-state index is -0.872. The van der Waals surface area contributed by atoms with Crippen LogP contribution in [0.2, 0.25) is 0 Å². The van der Waals surface area contributed by atoms with Crippen molar-refractivity contribution in [2.45, 2.75) is 13.0 Å². The number of benzene rings is 1. The van der Waals surface area contributed by atoms with Crippen molar-refractivity contribution in [2.75, 3.05) is 13.2 Å². The fourth-order valence-corrected chi connectivity index (χ4v) is 1.32. The summed E-state index contributed by atoms with van der Waals surface area (Å²) in [5.41, 5.74) is -0.208. The van der Waals surface area contributed by atoms with E-state index in [1.807, 2.05) is 0 Å². The molecule has 1 rings (SSSR count). The van der Waals surface area contributed by atoms with Crippen molar-refractivity contribution in [1.29, 1.82) is 0 Å². The molecule has 7 heteroatoms. The zero-order valence-corrected chi connectivity index (χ0v) is 10.2. The van der Waals surface area contributed by atoms with Crippen LogP contribution in [0.5, 0.6) is 0 Å². The van der Waals surface area contributed by atoms with Gasteiger partial charge in [-0.2, -0.15) is 0 Å². The van der Waals surface area contributed by atoms with Gasteiger partial charge in [0.25, 0.3) is 5.91 Å². The van der Waals surface area contributed by atoms with Crippen LogP contribution < -0.4 is 10.6 Å². The highest BCUT2D eigenvalue weighted by molar-refractivity contribution is 5.96. The normalized spacial score (nSPS) is 11.8. The lowest BCUT2D eigenvalue weighted by Crippen LogP contribution is -2.42. The Balaban J connectivity index is 2.53. The molecule has 0 aliphatic heterocycles. The third kappa shape index (κ3) is 5.01. The SMILES string of the molecule is CC(CO)NC(=O)CNC(=O)c1cc(F)cc(F)c1. The van der Waals surface area contributed by atoms with E-state index < -0.39 is 29.5 Å². The molecule has 3 N–H and O–H groups in total. The Kier molecular flexibility index (Phi) is 5.37. The molecule has 0 saturated heterocycles. The van der Waals surface area contributed by atoms with Crippen LogP contribution in [-0.2, 0) is 4.79 Å². The minimum absolute atomic E-state index is 0.208. The molecule has 0 spiro atoms. The molecule has 19 heavy (non-hydrogen) atoms. The van der Waals surface area contributed by atoms with Crippen molar-refractivity contribution in [3.8, 4) is 0 Å². The average Bonchev–Trinajstić information content (AvgIpc) is 2.34. The van der Waals surface area contributed by atoms with Crippen LogP contribution in [0.15, 0.2) is 18.2 Å². The number of amides is 2. The topological polar surface area (TPSA) is 78.4 Å². The highest BCUT2D eigenvalue weighted by Gasteiger charge is 2.11. The average molecular weight is 272 g/mol. The fourth-order valence-electron chi connectivity index (χ4n) is 1.32. The highest BCUT2D eigenvalue weighted by Crippen LogP contribution is 2.07. The molecule has 1 atom stereocenters. The minimum Gasteiger partial charge on any atom is -0.394 e. The quantitative estimate of drug-likeness (QED) is 0.716. The van der Waals surface area contributed by atoms with E-state index in [2.05, 4.69) is 10.6 Å². The summed E-state index contributed by atoms with van der Waals surface area (Å²) >= 11 is 0. The molecular formula is C12H14F2N2O3. The van der Waals surface area contributed by atoms with Gasteiger partial charge in [-0.3, -0.25) is 9.59 Å². The molecule has 0 fully saturated rings. The second kappa shape index (κ2) is 6.79. The van der Waals surface area contributed by atoms with E-state index in [0.717, 1.165) is 12.1 Å². The van der Waals surface area contributed by atoms with Crippen molar-refractivity contribution in [3.63, 3.8) is 0 Å². The lowest BCUT2D eigenvalue weighted by atomic mass is 10.2. The van der Waals surface area contributed by atoms with Crippen LogP contribution in [0.3, 0.4) is 0 Å². The van der Waals surface area contributed by atoms with Crippen molar-refractivity contribution in [1.82, 2.24) is 10.6 Å². The summed E-state index contributed by atoms with van der Waals surface area (Å²) in [6, 6.07) is 1.95. The van der Waals surface area contributed by atoms with Crippen LogP contribution in [0.4, 0.5) is 8.78 Å². The molecule has 1 aromatic rings. The second-order valence-corrected chi connectivity index (χ2v) is 3.99. The van der Waals surface area contributed by atoms with E-state index in [1.165, 1.54) is 0 Å². The standard InChI is InChI=1S/C12H14F2N2O3/c1-7(6-17)16-11(18)5-15-12(19)8-2-9(13)4-10(14)3-8/h2-4,7,17H,5-6H2,1H3,(H,15,19)(H,16,18). The number of hydrogen-bond donors (Lipinski definition) is 3. The molecule has 1 unspecified atom stereocenters. The molecule has 0 aliphatic carbocycles. The van der Waals surface area contributed by atoms with Crippen molar-refractivity contribution in [3.05, 3.63) is 35.4 Å². The van der Waals surface area contributed by atoms with Gasteiger partial charge in [-0.1, -0.05) is 0 Å². The first kappa shape index (κ1) is 15.0. The lowest BCUT2D eigenvalue weighted by molar-refractivity contribution is -0.121. The maximum Gasteiger partial charge on any atom is 0.251 e. The molecule has 5 nitrogen and oxygen atoms in total. The van der Waals surface area contributed by atoms with E-state index in [4.69, 9.17) is 5.11 Å². The molecule has 0 aromatic heterocycles. The number of aliphatic hydroxyl groups excluding tert-OH is 1. The van der Waals surface area contributed by atoms with Gasteiger partial charge in [-0.25, -0.2) is 8.78 Å². The summed E-state index contributed by atoms with van der Waals surface area (Å²) in [4.78, 5) is 22.8. The van der Waals surface area contributed by atoms with E-state index in [9.17, 15) is 18.4 Å². The Hall–Kier alpha value is -2.02. The summed E-state index contributed by atoms with van der Waals surface area (Å²) in [6.07, 6.45) is 0. The van der Waals surface area contributed by atoms with Gasteiger partial charge >= 0.3 is 0 Å². The van der Waals surface area contributed by atoms with Gasteiger partial charge in [0.15, 0.2) is 0 Å². The second-order valence-electron chi connectivity index (χ2n) is 3.99. The van der Waals surface area contributed by atoms with Crippen molar-refractivity contribution < 1.29 is 23.5 Å². The molecule has 1 aromatic carbocycles. The molecule has 2 amide bonds. The van der Waals surface area contributed by atoms with Crippen LogP contribution >= 0.6 is 0 Å². The molecule has 0 aliphatic rings. The Morgan fingerprint density at radius 3 is 2.37 bits per heavy atom. The van der Waals surface area contributed by atoms with E-state index in [0.29, 0.717) is 6.07 Å². The summed E-state index contributed by atoms with van der Waals surface area (Å²) in [7, 11) is 0. The summed E-state index contributed by atoms with van der Waals surface area (Å²) in [5.74, 6) is -3.01. The van der Waals surface area contributed by atoms with Gasteiger partial charge in [0.05, 0.1) is 13.2 Å². The summed E-state index contributed by atoms with van der Waals surface area (Å²) < 4.78 is 25.8. The zero-order valence-electron chi connectivity index (χ0n) is 10.2. The first-order chi connectivity index (χ1) is 8.92. The predicted octanol–water partition coefficient (Wildman–Crippen LogP) is 0.192. The van der Waals surface area contributed by atoms with E-state index in [1.54, 1.807) is 6.92 Å². The highest BCUT2D eigenvalue weighted by atomic mass is 19.1. The number of halogens is 2. The Morgan fingerprint density at radius 1 is 1.26 bits per heavy atom. The predicted molar refractivity (Wildman–Crippen MR) is 63.4 cm³/mol. The monoisotopic (exact) mass is 272 g/mol. The number of rotatable bonds is 5. The fraction of sp³-hybridized carbons (Fsp3) is 0.333. The Labute approximate surface area is 108 Å². The molecule has 104 valence electrons. The van der Waals surface area contributed by atoms with Gasteiger partial charge in [-0.15, -0.1) is 0 Å². The van der Waals surface area contributed by atoms with E-state index >= 15 is 0 Å². The van der Waals surface area contributed by atoms with Crippen LogP contribution in [0.1, 0.15) is 17.3 Å². The van der Waals surface area contributed by atoms with Gasteiger partial charge < -0.3 is 15.7 Å².